The van der Waals surface area contributed by atoms with Crippen LogP contribution in [0.5, 0.6) is 11.5 Å². The Bertz CT molecular complexity index is 1210. The summed E-state index contributed by atoms with van der Waals surface area (Å²) >= 11 is 0. The molecule has 2 aromatic carbocycles. The molecule has 0 unspecified atom stereocenters. The van der Waals surface area contributed by atoms with Crippen molar-refractivity contribution in [3.63, 3.8) is 0 Å². The third kappa shape index (κ3) is 5.97. The lowest BCUT2D eigenvalue weighted by molar-refractivity contribution is -0.116. The van der Waals surface area contributed by atoms with Gasteiger partial charge in [0.2, 0.25) is 26.0 Å². The molecule has 3 rings (SSSR count). The number of sulfonamides is 2. The van der Waals surface area contributed by atoms with Crippen molar-refractivity contribution in [3.8, 4) is 11.5 Å². The molecule has 0 spiro atoms. The van der Waals surface area contributed by atoms with Crippen LogP contribution in [0, 0.1) is 0 Å². The number of primary sulfonamides is 1. The minimum absolute atomic E-state index is 0.00453. The highest BCUT2D eigenvalue weighted by Gasteiger charge is 2.19. The summed E-state index contributed by atoms with van der Waals surface area (Å²) in [4.78, 5) is 12.2. The van der Waals surface area contributed by atoms with E-state index in [-0.39, 0.29) is 28.4 Å². The molecular weight excluding hydrogens is 458 g/mol. The summed E-state index contributed by atoms with van der Waals surface area (Å²) in [5.74, 6) is 0.342. The van der Waals surface area contributed by atoms with Gasteiger partial charge in [0.15, 0.2) is 11.5 Å². The first kappa shape index (κ1) is 24.0. The van der Waals surface area contributed by atoms with Crippen molar-refractivity contribution in [2.75, 3.05) is 25.1 Å². The van der Waals surface area contributed by atoms with Crippen molar-refractivity contribution in [2.24, 2.45) is 5.14 Å². The van der Waals surface area contributed by atoms with Crippen LogP contribution in [0.2, 0.25) is 0 Å². The smallest absolute Gasteiger partial charge is 0.240 e. The number of carbonyl (C=O) groups excluding carboxylic acids is 1. The fourth-order valence-corrected chi connectivity index (χ4v) is 5.02. The Morgan fingerprint density at radius 2 is 1.75 bits per heavy atom. The van der Waals surface area contributed by atoms with Crippen LogP contribution in [0.4, 0.5) is 5.69 Å². The molecule has 0 fully saturated rings. The van der Waals surface area contributed by atoms with E-state index in [1.54, 1.807) is 19.1 Å². The number of rotatable bonds is 8. The van der Waals surface area contributed by atoms with Crippen molar-refractivity contribution < 1.29 is 31.1 Å². The van der Waals surface area contributed by atoms with Gasteiger partial charge in [-0.2, -0.15) is 0 Å². The molecule has 174 valence electrons. The van der Waals surface area contributed by atoms with E-state index in [0.29, 0.717) is 43.1 Å². The average molecular weight is 484 g/mol. The summed E-state index contributed by atoms with van der Waals surface area (Å²) in [5.41, 5.74) is 0.787. The molecule has 1 amide bonds. The second-order valence-electron chi connectivity index (χ2n) is 7.08. The molecule has 1 aliphatic rings. The van der Waals surface area contributed by atoms with Crippen LogP contribution in [0.25, 0.3) is 0 Å². The molecule has 0 saturated heterocycles. The summed E-state index contributed by atoms with van der Waals surface area (Å²) in [5, 5.41) is 7.78. The molecule has 0 bridgehead atoms. The van der Waals surface area contributed by atoms with Gasteiger partial charge in [-0.25, -0.2) is 26.7 Å². The number of carbonyl (C=O) groups is 1. The first-order chi connectivity index (χ1) is 15.1. The second-order valence-corrected chi connectivity index (χ2v) is 10.4. The number of benzene rings is 2. The summed E-state index contributed by atoms with van der Waals surface area (Å²) in [6.45, 7) is 2.55. The molecule has 0 saturated carbocycles. The molecule has 0 aliphatic carbocycles. The van der Waals surface area contributed by atoms with Gasteiger partial charge in [-0.1, -0.05) is 13.0 Å². The van der Waals surface area contributed by atoms with Gasteiger partial charge < -0.3 is 14.8 Å². The average Bonchev–Trinajstić information content (AvgIpc) is 2.97. The SMILES string of the molecule is CCc1ccc(NC(=O)CCNS(=O)(=O)c2ccc3c(c2)OCCCO3)cc1S(N)(=O)=O. The standard InChI is InChI=1S/C20H25N3O7S2/c1-2-14-4-5-15(12-19(14)31(21,25)26)23-20(24)8-9-22-32(27,28)16-6-7-17-18(13-16)30-11-3-10-29-17/h4-7,12-13,22H,2-3,8-11H2,1H3,(H,23,24)(H2,21,25,26). The van der Waals surface area contributed by atoms with Gasteiger partial charge in [0.25, 0.3) is 0 Å². The number of fused-ring (bicyclic) bond motifs is 1. The van der Waals surface area contributed by atoms with Gasteiger partial charge in [-0.05, 0) is 36.2 Å². The third-order valence-corrected chi connectivity index (χ3v) is 7.16. The number of amides is 1. The Labute approximate surface area is 187 Å². The Balaban J connectivity index is 1.60. The first-order valence-electron chi connectivity index (χ1n) is 9.95. The van der Waals surface area contributed by atoms with Crippen LogP contribution in [-0.4, -0.2) is 42.5 Å². The number of nitrogens with two attached hydrogens (primary N) is 1. The topological polar surface area (TPSA) is 154 Å². The zero-order valence-electron chi connectivity index (χ0n) is 17.5. The fraction of sp³-hybridized carbons (Fsp3) is 0.350. The monoisotopic (exact) mass is 483 g/mol. The minimum atomic E-state index is -3.94. The van der Waals surface area contributed by atoms with E-state index in [2.05, 4.69) is 10.0 Å². The van der Waals surface area contributed by atoms with Gasteiger partial charge in [-0.15, -0.1) is 0 Å². The lowest BCUT2D eigenvalue weighted by Gasteiger charge is -2.12. The van der Waals surface area contributed by atoms with E-state index in [9.17, 15) is 21.6 Å². The number of ether oxygens (including phenoxy) is 2. The summed E-state index contributed by atoms with van der Waals surface area (Å²) in [6.07, 6.45) is 0.996. The van der Waals surface area contributed by atoms with Crippen LogP contribution in [0.15, 0.2) is 46.2 Å². The third-order valence-electron chi connectivity index (χ3n) is 4.71. The zero-order valence-corrected chi connectivity index (χ0v) is 19.1. The normalized spacial score (nSPS) is 13.9. The molecule has 0 atom stereocenters. The Morgan fingerprint density at radius 3 is 2.44 bits per heavy atom. The van der Waals surface area contributed by atoms with Crippen LogP contribution in [0.1, 0.15) is 25.3 Å². The van der Waals surface area contributed by atoms with E-state index in [0.717, 1.165) is 0 Å². The minimum Gasteiger partial charge on any atom is -0.490 e. The number of aryl methyl sites for hydroxylation is 1. The highest BCUT2D eigenvalue weighted by atomic mass is 32.2. The lowest BCUT2D eigenvalue weighted by Crippen LogP contribution is -2.28. The van der Waals surface area contributed by atoms with Crippen molar-refractivity contribution in [1.29, 1.82) is 0 Å². The summed E-state index contributed by atoms with van der Waals surface area (Å²) < 4.78 is 62.0. The number of anilines is 1. The Kier molecular flexibility index (Phi) is 7.39. The van der Waals surface area contributed by atoms with Crippen molar-refractivity contribution >= 4 is 31.6 Å². The zero-order chi connectivity index (χ0) is 23.4. The van der Waals surface area contributed by atoms with Gasteiger partial charge in [-0.3, -0.25) is 4.79 Å². The van der Waals surface area contributed by atoms with Crippen molar-refractivity contribution in [2.45, 2.75) is 36.0 Å². The molecule has 32 heavy (non-hydrogen) atoms. The molecule has 4 N–H and O–H groups in total. The molecular formula is C20H25N3O7S2. The maximum atomic E-state index is 12.5. The molecule has 0 radical (unpaired) electrons. The van der Waals surface area contributed by atoms with Gasteiger partial charge in [0.1, 0.15) is 0 Å². The van der Waals surface area contributed by atoms with Gasteiger partial charge >= 0.3 is 0 Å². The summed E-state index contributed by atoms with van der Waals surface area (Å²) in [7, 11) is -7.81. The van der Waals surface area contributed by atoms with E-state index >= 15 is 0 Å². The first-order valence-corrected chi connectivity index (χ1v) is 13.0. The molecule has 10 nitrogen and oxygen atoms in total. The van der Waals surface area contributed by atoms with E-state index in [1.165, 1.54) is 24.3 Å². The quantitative estimate of drug-likeness (QED) is 0.512. The molecule has 1 heterocycles. The van der Waals surface area contributed by atoms with Crippen LogP contribution < -0.4 is 24.7 Å². The lowest BCUT2D eigenvalue weighted by atomic mass is 10.1. The van der Waals surface area contributed by atoms with Crippen LogP contribution in [-0.2, 0) is 31.3 Å². The molecule has 2 aromatic rings. The van der Waals surface area contributed by atoms with Gasteiger partial charge in [0.05, 0.1) is 23.0 Å². The van der Waals surface area contributed by atoms with E-state index < -0.39 is 26.0 Å². The Hall–Kier alpha value is -2.67. The highest BCUT2D eigenvalue weighted by molar-refractivity contribution is 7.89. The van der Waals surface area contributed by atoms with Crippen LogP contribution >= 0.6 is 0 Å². The molecule has 1 aliphatic heterocycles. The highest BCUT2D eigenvalue weighted by Crippen LogP contribution is 2.31. The largest absolute Gasteiger partial charge is 0.490 e. The Morgan fingerprint density at radius 1 is 1.03 bits per heavy atom. The summed E-state index contributed by atoms with van der Waals surface area (Å²) in [6, 6.07) is 8.74. The number of nitrogens with one attached hydrogen (secondary N) is 2. The second kappa shape index (κ2) is 9.86. The predicted octanol–water partition coefficient (Wildman–Crippen LogP) is 1.36. The molecule has 0 aromatic heterocycles. The predicted molar refractivity (Wildman–Crippen MR) is 118 cm³/mol. The molecule has 12 heteroatoms. The van der Waals surface area contributed by atoms with E-state index in [1.807, 2.05) is 0 Å². The number of hydrogen-bond acceptors (Lipinski definition) is 7. The number of hydrogen-bond donors (Lipinski definition) is 3. The fourth-order valence-electron chi connectivity index (χ4n) is 3.11. The van der Waals surface area contributed by atoms with E-state index in [4.69, 9.17) is 14.6 Å². The maximum Gasteiger partial charge on any atom is 0.240 e. The maximum absolute atomic E-state index is 12.5. The van der Waals surface area contributed by atoms with Crippen molar-refractivity contribution in [1.82, 2.24) is 4.72 Å². The van der Waals surface area contributed by atoms with Gasteiger partial charge in [0, 0.05) is 31.1 Å². The van der Waals surface area contributed by atoms with Crippen molar-refractivity contribution in [3.05, 3.63) is 42.0 Å². The van der Waals surface area contributed by atoms with Crippen LogP contribution in [0.3, 0.4) is 0 Å².